The lowest BCUT2D eigenvalue weighted by Crippen LogP contribution is -2.25. The second-order valence-electron chi connectivity index (χ2n) is 6.24. The van der Waals surface area contributed by atoms with E-state index in [0.29, 0.717) is 23.9 Å². The molecule has 0 fully saturated rings. The molecular formula is C22H19N3O2S2. The van der Waals surface area contributed by atoms with Crippen molar-refractivity contribution in [3.8, 4) is 22.9 Å². The van der Waals surface area contributed by atoms with E-state index >= 15 is 0 Å². The summed E-state index contributed by atoms with van der Waals surface area (Å²) in [6.45, 7) is 0.640. The SMILES string of the molecule is O=C(NCCSCc1cccs1)c1ccc(-c2nnc(-c3ccccc3)o2)cc1. The first-order valence-corrected chi connectivity index (χ1v) is 11.2. The van der Waals surface area contributed by atoms with Crippen LogP contribution >= 0.6 is 23.1 Å². The largest absolute Gasteiger partial charge is 0.416 e. The summed E-state index contributed by atoms with van der Waals surface area (Å²) >= 11 is 3.57. The first-order chi connectivity index (χ1) is 14.3. The van der Waals surface area contributed by atoms with Crippen LogP contribution in [0, 0.1) is 0 Å². The maximum absolute atomic E-state index is 12.3. The van der Waals surface area contributed by atoms with Crippen molar-refractivity contribution in [2.24, 2.45) is 0 Å². The summed E-state index contributed by atoms with van der Waals surface area (Å²) in [5.74, 6) is 2.69. The van der Waals surface area contributed by atoms with Gasteiger partial charge in [-0.3, -0.25) is 4.79 Å². The molecule has 0 aliphatic heterocycles. The van der Waals surface area contributed by atoms with Gasteiger partial charge in [-0.25, -0.2) is 0 Å². The molecule has 0 unspecified atom stereocenters. The van der Waals surface area contributed by atoms with Crippen molar-refractivity contribution in [3.05, 3.63) is 82.6 Å². The minimum absolute atomic E-state index is 0.0798. The maximum Gasteiger partial charge on any atom is 0.251 e. The van der Waals surface area contributed by atoms with Crippen molar-refractivity contribution in [2.45, 2.75) is 5.75 Å². The van der Waals surface area contributed by atoms with Crippen LogP contribution in [-0.4, -0.2) is 28.4 Å². The van der Waals surface area contributed by atoms with Crippen LogP contribution in [0.5, 0.6) is 0 Å². The average Bonchev–Trinajstić information content (AvgIpc) is 3.46. The summed E-state index contributed by atoms with van der Waals surface area (Å²) in [4.78, 5) is 13.7. The van der Waals surface area contributed by atoms with E-state index in [9.17, 15) is 4.79 Å². The number of nitrogens with one attached hydrogen (secondary N) is 1. The van der Waals surface area contributed by atoms with Gasteiger partial charge in [0.1, 0.15) is 0 Å². The number of hydrogen-bond acceptors (Lipinski definition) is 6. The average molecular weight is 422 g/mol. The van der Waals surface area contributed by atoms with E-state index in [1.807, 2.05) is 54.2 Å². The van der Waals surface area contributed by atoms with Gasteiger partial charge >= 0.3 is 0 Å². The van der Waals surface area contributed by atoms with Gasteiger partial charge in [0.25, 0.3) is 5.91 Å². The second-order valence-corrected chi connectivity index (χ2v) is 8.38. The summed E-state index contributed by atoms with van der Waals surface area (Å²) in [5.41, 5.74) is 2.27. The molecule has 0 saturated heterocycles. The van der Waals surface area contributed by atoms with Gasteiger partial charge in [-0.15, -0.1) is 21.5 Å². The van der Waals surface area contributed by atoms with Gasteiger partial charge in [-0.1, -0.05) is 24.3 Å². The van der Waals surface area contributed by atoms with E-state index in [-0.39, 0.29) is 5.91 Å². The zero-order chi connectivity index (χ0) is 19.9. The van der Waals surface area contributed by atoms with Crippen LogP contribution in [0.3, 0.4) is 0 Å². The third-order valence-electron chi connectivity index (χ3n) is 4.20. The van der Waals surface area contributed by atoms with Gasteiger partial charge in [-0.05, 0) is 47.8 Å². The predicted molar refractivity (Wildman–Crippen MR) is 118 cm³/mol. The van der Waals surface area contributed by atoms with Gasteiger partial charge in [0.2, 0.25) is 11.8 Å². The van der Waals surface area contributed by atoms with Crippen LogP contribution in [0.2, 0.25) is 0 Å². The van der Waals surface area contributed by atoms with Gasteiger partial charge in [0.05, 0.1) is 0 Å². The van der Waals surface area contributed by atoms with Gasteiger partial charge in [-0.2, -0.15) is 11.8 Å². The molecule has 0 spiro atoms. The Morgan fingerprint density at radius 1 is 0.931 bits per heavy atom. The van der Waals surface area contributed by atoms with Crippen LogP contribution in [0.4, 0.5) is 0 Å². The Hall–Kier alpha value is -2.90. The normalized spacial score (nSPS) is 10.8. The highest BCUT2D eigenvalue weighted by molar-refractivity contribution is 7.98. The summed E-state index contributed by atoms with van der Waals surface area (Å²) in [5, 5.41) is 13.2. The van der Waals surface area contributed by atoms with E-state index in [2.05, 4.69) is 33.0 Å². The molecule has 4 rings (SSSR count). The smallest absolute Gasteiger partial charge is 0.251 e. The van der Waals surface area contributed by atoms with E-state index in [4.69, 9.17) is 4.42 Å². The number of benzene rings is 2. The Bertz CT molecular complexity index is 1050. The van der Waals surface area contributed by atoms with Crippen molar-refractivity contribution in [1.82, 2.24) is 15.5 Å². The zero-order valence-electron chi connectivity index (χ0n) is 15.6. The predicted octanol–water partition coefficient (Wildman–Crippen LogP) is 5.13. The number of aromatic nitrogens is 2. The maximum atomic E-state index is 12.3. The quantitative estimate of drug-likeness (QED) is 0.400. The highest BCUT2D eigenvalue weighted by Crippen LogP contribution is 2.24. The highest BCUT2D eigenvalue weighted by atomic mass is 32.2. The Morgan fingerprint density at radius 3 is 2.34 bits per heavy atom. The number of nitrogens with zero attached hydrogens (tertiary/aromatic N) is 2. The molecule has 2 aromatic heterocycles. The molecule has 5 nitrogen and oxygen atoms in total. The number of hydrogen-bond donors (Lipinski definition) is 1. The second kappa shape index (κ2) is 9.54. The first-order valence-electron chi connectivity index (χ1n) is 9.17. The van der Waals surface area contributed by atoms with Gasteiger partial charge in [0.15, 0.2) is 0 Å². The van der Waals surface area contributed by atoms with Crippen LogP contribution in [0.1, 0.15) is 15.2 Å². The number of carbonyl (C=O) groups is 1. The van der Waals surface area contributed by atoms with Crippen LogP contribution < -0.4 is 5.32 Å². The Balaban J connectivity index is 1.29. The number of carbonyl (C=O) groups excluding carboxylic acids is 1. The fourth-order valence-electron chi connectivity index (χ4n) is 2.71. The Kier molecular flexibility index (Phi) is 6.38. The zero-order valence-corrected chi connectivity index (χ0v) is 17.2. The molecule has 0 saturated carbocycles. The summed E-state index contributed by atoms with van der Waals surface area (Å²) < 4.78 is 5.75. The molecule has 0 atom stereocenters. The van der Waals surface area contributed by atoms with E-state index in [1.165, 1.54) is 4.88 Å². The highest BCUT2D eigenvalue weighted by Gasteiger charge is 2.11. The molecule has 146 valence electrons. The topological polar surface area (TPSA) is 68.0 Å². The van der Waals surface area contributed by atoms with Crippen molar-refractivity contribution in [2.75, 3.05) is 12.3 Å². The monoisotopic (exact) mass is 421 g/mol. The minimum atomic E-state index is -0.0798. The molecule has 0 bridgehead atoms. The summed E-state index contributed by atoms with van der Waals surface area (Å²) in [6, 6.07) is 21.0. The molecule has 0 aliphatic carbocycles. The number of amides is 1. The molecule has 2 heterocycles. The fraction of sp³-hybridized carbons (Fsp3) is 0.136. The van der Waals surface area contributed by atoms with Crippen LogP contribution in [0.15, 0.2) is 76.5 Å². The van der Waals surface area contributed by atoms with Crippen molar-refractivity contribution < 1.29 is 9.21 Å². The van der Waals surface area contributed by atoms with E-state index < -0.39 is 0 Å². The molecule has 4 aromatic rings. The lowest BCUT2D eigenvalue weighted by atomic mass is 10.1. The van der Waals surface area contributed by atoms with Gasteiger partial charge < -0.3 is 9.73 Å². The lowest BCUT2D eigenvalue weighted by molar-refractivity contribution is 0.0956. The number of thiophene rings is 1. The molecule has 0 radical (unpaired) electrons. The number of rotatable bonds is 8. The minimum Gasteiger partial charge on any atom is -0.416 e. The van der Waals surface area contributed by atoms with Crippen molar-refractivity contribution >= 4 is 29.0 Å². The summed E-state index contributed by atoms with van der Waals surface area (Å²) in [7, 11) is 0. The lowest BCUT2D eigenvalue weighted by Gasteiger charge is -2.05. The molecule has 2 aromatic carbocycles. The van der Waals surface area contributed by atoms with Crippen LogP contribution in [0.25, 0.3) is 22.9 Å². The first kappa shape index (κ1) is 19.4. The third-order valence-corrected chi connectivity index (χ3v) is 6.26. The summed E-state index contributed by atoms with van der Waals surface area (Å²) in [6.07, 6.45) is 0. The Labute approximate surface area is 177 Å². The standard InChI is InChI=1S/C22H19N3O2S2/c26-20(23-12-14-28-15-19-7-4-13-29-19)16-8-10-18(11-9-16)22-25-24-21(27-22)17-5-2-1-3-6-17/h1-11,13H,12,14-15H2,(H,23,26). The van der Waals surface area contributed by atoms with Crippen molar-refractivity contribution in [3.63, 3.8) is 0 Å². The van der Waals surface area contributed by atoms with E-state index in [0.717, 1.165) is 22.6 Å². The molecule has 7 heteroatoms. The van der Waals surface area contributed by atoms with Gasteiger partial charge in [0, 0.05) is 39.6 Å². The molecule has 1 N–H and O–H groups in total. The third kappa shape index (κ3) is 5.13. The molecule has 29 heavy (non-hydrogen) atoms. The molecule has 1 amide bonds. The molecular weight excluding hydrogens is 402 g/mol. The number of thioether (sulfide) groups is 1. The van der Waals surface area contributed by atoms with Crippen molar-refractivity contribution in [1.29, 1.82) is 0 Å². The molecule has 0 aliphatic rings. The van der Waals surface area contributed by atoms with E-state index in [1.54, 1.807) is 23.5 Å². The fourth-order valence-corrected chi connectivity index (χ4v) is 4.41. The Morgan fingerprint density at radius 2 is 1.66 bits per heavy atom. The van der Waals surface area contributed by atoms with Crippen LogP contribution in [-0.2, 0) is 5.75 Å².